The van der Waals surface area contributed by atoms with Gasteiger partial charge in [-0.25, -0.2) is 4.98 Å². The summed E-state index contributed by atoms with van der Waals surface area (Å²) in [6.07, 6.45) is 6.06. The summed E-state index contributed by atoms with van der Waals surface area (Å²) in [7, 11) is 0. The normalized spacial score (nSPS) is 36.0. The van der Waals surface area contributed by atoms with E-state index in [4.69, 9.17) is 0 Å². The van der Waals surface area contributed by atoms with Crippen molar-refractivity contribution in [3.8, 4) is 0 Å². The summed E-state index contributed by atoms with van der Waals surface area (Å²) in [5.74, 6) is 1.35. The molecule has 0 saturated heterocycles. The average Bonchev–Trinajstić information content (AvgIpc) is 2.83. The van der Waals surface area contributed by atoms with Gasteiger partial charge in [-0.15, -0.1) is 11.3 Å². The summed E-state index contributed by atoms with van der Waals surface area (Å²) in [5.41, 5.74) is 0.544. The molecule has 0 radical (unpaired) electrons. The Hall–Kier alpha value is -1.43. The number of thiazole rings is 1. The van der Waals surface area contributed by atoms with Crippen LogP contribution in [0.1, 0.15) is 74.0 Å². The van der Waals surface area contributed by atoms with Gasteiger partial charge in [0.25, 0.3) is 0 Å². The second kappa shape index (κ2) is 6.04. The molecule has 4 aliphatic carbocycles. The molecule has 4 saturated carbocycles. The molecule has 142 valence electrons. The Bertz CT molecular complexity index is 742. The molecule has 2 amide bonds. The number of amides is 2. The molecule has 5 rings (SSSR count). The van der Waals surface area contributed by atoms with Crippen LogP contribution in [0.4, 0.5) is 0 Å². The van der Waals surface area contributed by atoms with Gasteiger partial charge in [-0.1, -0.05) is 0 Å². The van der Waals surface area contributed by atoms with Crippen LogP contribution in [-0.2, 0) is 9.59 Å². The second-order valence-electron chi connectivity index (χ2n) is 9.08. The SMILES string of the molecule is CC(=O)NC12C[C@H]3C[C@@H](C1)CC(C(=O)N[C@H](C)c1sc(C)nc1C)(C3)C2. The van der Waals surface area contributed by atoms with E-state index in [9.17, 15) is 9.59 Å². The van der Waals surface area contributed by atoms with Crippen LogP contribution < -0.4 is 10.6 Å². The highest BCUT2D eigenvalue weighted by Gasteiger charge is 2.60. The van der Waals surface area contributed by atoms with Crippen molar-refractivity contribution in [1.29, 1.82) is 0 Å². The van der Waals surface area contributed by atoms with Gasteiger partial charge in [-0.3, -0.25) is 9.59 Å². The largest absolute Gasteiger partial charge is 0.351 e. The first kappa shape index (κ1) is 18.0. The molecule has 5 nitrogen and oxygen atoms in total. The first-order valence-electron chi connectivity index (χ1n) is 9.74. The van der Waals surface area contributed by atoms with Crippen molar-refractivity contribution in [2.24, 2.45) is 17.3 Å². The van der Waals surface area contributed by atoms with E-state index in [1.54, 1.807) is 18.3 Å². The van der Waals surface area contributed by atoms with Gasteiger partial charge in [-0.05, 0) is 71.1 Å². The van der Waals surface area contributed by atoms with E-state index in [2.05, 4.69) is 22.5 Å². The smallest absolute Gasteiger partial charge is 0.226 e. The third kappa shape index (κ3) is 2.96. The highest BCUT2D eigenvalue weighted by atomic mass is 32.1. The molecule has 0 aromatic carbocycles. The minimum Gasteiger partial charge on any atom is -0.351 e. The molecule has 0 aliphatic heterocycles. The maximum absolute atomic E-state index is 13.4. The minimum atomic E-state index is -0.311. The maximum atomic E-state index is 13.4. The molecule has 26 heavy (non-hydrogen) atoms. The Kier molecular flexibility index (Phi) is 4.17. The van der Waals surface area contributed by atoms with E-state index in [1.807, 2.05) is 13.8 Å². The zero-order valence-electron chi connectivity index (χ0n) is 16.1. The summed E-state index contributed by atoms with van der Waals surface area (Å²) >= 11 is 1.67. The number of hydrogen-bond acceptors (Lipinski definition) is 4. The number of hydrogen-bond donors (Lipinski definition) is 2. The highest BCUT2D eigenvalue weighted by Crippen LogP contribution is 2.61. The average molecular weight is 376 g/mol. The number of carbonyl (C=O) groups excluding carboxylic acids is 2. The van der Waals surface area contributed by atoms with Crippen LogP contribution >= 0.6 is 11.3 Å². The number of rotatable bonds is 4. The summed E-state index contributed by atoms with van der Waals surface area (Å²) in [6, 6.07) is -0.0154. The second-order valence-corrected chi connectivity index (χ2v) is 10.3. The zero-order valence-corrected chi connectivity index (χ0v) is 17.0. The molecule has 0 spiro atoms. The van der Waals surface area contributed by atoms with Gasteiger partial charge in [0.05, 0.1) is 22.2 Å². The summed E-state index contributed by atoms with van der Waals surface area (Å²) in [5, 5.41) is 7.57. The first-order chi connectivity index (χ1) is 12.2. The van der Waals surface area contributed by atoms with Gasteiger partial charge in [0.15, 0.2) is 0 Å². The van der Waals surface area contributed by atoms with E-state index < -0.39 is 0 Å². The fraction of sp³-hybridized carbons (Fsp3) is 0.750. The minimum absolute atomic E-state index is 0.0154. The number of carbonyl (C=O) groups is 2. The molecule has 1 aromatic heterocycles. The monoisotopic (exact) mass is 375 g/mol. The number of aryl methyl sites for hydroxylation is 2. The van der Waals surface area contributed by atoms with Crippen molar-refractivity contribution >= 4 is 23.2 Å². The molecule has 4 bridgehead atoms. The molecule has 5 atom stereocenters. The molecular weight excluding hydrogens is 346 g/mol. The quantitative estimate of drug-likeness (QED) is 0.847. The van der Waals surface area contributed by atoms with Crippen LogP contribution in [0.2, 0.25) is 0 Å². The third-order valence-electron chi connectivity index (χ3n) is 6.66. The number of aromatic nitrogens is 1. The van der Waals surface area contributed by atoms with Crippen molar-refractivity contribution in [2.45, 2.75) is 77.8 Å². The first-order valence-corrected chi connectivity index (χ1v) is 10.6. The van der Waals surface area contributed by atoms with Crippen molar-refractivity contribution in [1.82, 2.24) is 15.6 Å². The van der Waals surface area contributed by atoms with E-state index in [1.165, 1.54) is 6.42 Å². The van der Waals surface area contributed by atoms with Gasteiger partial charge in [0, 0.05) is 17.3 Å². The van der Waals surface area contributed by atoms with E-state index >= 15 is 0 Å². The Morgan fingerprint density at radius 3 is 2.38 bits per heavy atom. The fourth-order valence-corrected chi connectivity index (χ4v) is 7.34. The topological polar surface area (TPSA) is 71.1 Å². The molecule has 4 aliphatic rings. The molecule has 1 heterocycles. The van der Waals surface area contributed by atoms with E-state index in [0.29, 0.717) is 11.8 Å². The van der Waals surface area contributed by atoms with Gasteiger partial charge in [0.1, 0.15) is 0 Å². The summed E-state index contributed by atoms with van der Waals surface area (Å²) < 4.78 is 0. The standard InChI is InChI=1S/C20H29N3O2S/c1-11-17(26-14(4)21-11)12(2)22-18(25)19-6-15-5-16(7-19)9-20(8-15,10-19)23-13(3)24/h12,15-16H,5-10H2,1-4H3,(H,22,25)(H,23,24)/t12-,15-,16+,19?,20?/m1/s1. The highest BCUT2D eigenvalue weighted by molar-refractivity contribution is 7.11. The van der Waals surface area contributed by atoms with Crippen LogP contribution in [0.25, 0.3) is 0 Å². The van der Waals surface area contributed by atoms with Crippen LogP contribution in [-0.4, -0.2) is 22.3 Å². The Labute approximate surface area is 159 Å². The molecule has 4 fully saturated rings. The van der Waals surface area contributed by atoms with Gasteiger partial charge in [-0.2, -0.15) is 0 Å². The molecule has 2 N–H and O–H groups in total. The molecule has 1 aromatic rings. The maximum Gasteiger partial charge on any atom is 0.226 e. The molecule has 6 heteroatoms. The van der Waals surface area contributed by atoms with Crippen molar-refractivity contribution in [2.75, 3.05) is 0 Å². The van der Waals surface area contributed by atoms with Crippen molar-refractivity contribution < 1.29 is 9.59 Å². The van der Waals surface area contributed by atoms with Gasteiger partial charge >= 0.3 is 0 Å². The van der Waals surface area contributed by atoms with Crippen LogP contribution in [0.15, 0.2) is 0 Å². The zero-order chi connectivity index (χ0) is 18.7. The Morgan fingerprint density at radius 1 is 1.19 bits per heavy atom. The van der Waals surface area contributed by atoms with E-state index in [0.717, 1.165) is 47.7 Å². The lowest BCUT2D eigenvalue weighted by Gasteiger charge is -2.61. The lowest BCUT2D eigenvalue weighted by atomic mass is 9.46. The van der Waals surface area contributed by atoms with Crippen LogP contribution in [0.5, 0.6) is 0 Å². The van der Waals surface area contributed by atoms with Crippen LogP contribution in [0, 0.1) is 31.1 Å². The summed E-state index contributed by atoms with van der Waals surface area (Å²) in [6.45, 7) is 7.67. The lowest BCUT2D eigenvalue weighted by Crippen LogP contribution is -2.65. The molecule has 2 unspecified atom stereocenters. The van der Waals surface area contributed by atoms with E-state index in [-0.39, 0.29) is 28.8 Å². The predicted octanol–water partition coefficient (Wildman–Crippen LogP) is 3.41. The molecular formula is C20H29N3O2S. The third-order valence-corrected chi connectivity index (χ3v) is 7.92. The van der Waals surface area contributed by atoms with Gasteiger partial charge in [0.2, 0.25) is 11.8 Å². The predicted molar refractivity (Wildman–Crippen MR) is 102 cm³/mol. The Morgan fingerprint density at radius 2 is 1.85 bits per heavy atom. The van der Waals surface area contributed by atoms with Crippen LogP contribution in [0.3, 0.4) is 0 Å². The number of nitrogens with one attached hydrogen (secondary N) is 2. The Balaban J connectivity index is 1.55. The lowest BCUT2D eigenvalue weighted by molar-refractivity contribution is -0.153. The summed E-state index contributed by atoms with van der Waals surface area (Å²) in [4.78, 5) is 30.8. The van der Waals surface area contributed by atoms with Crippen molar-refractivity contribution in [3.05, 3.63) is 15.6 Å². The van der Waals surface area contributed by atoms with Crippen molar-refractivity contribution in [3.63, 3.8) is 0 Å². The number of nitrogens with zero attached hydrogens (tertiary/aromatic N) is 1. The van der Waals surface area contributed by atoms with Gasteiger partial charge < -0.3 is 10.6 Å². The fourth-order valence-electron chi connectivity index (χ4n) is 6.41.